The van der Waals surface area contributed by atoms with E-state index in [9.17, 15) is 0 Å². The molecule has 13 fully saturated rings. The standard InChI is InChI=1S/C62H100/c1-5-21-43-39(17-1)33-55(51-29-13-9-25-47(43)51)59-37-61(57-35-41-19-3-7-23-45(41)49-27-11-15-31-53(49)57)62(58-36-42-20-4-8-24-46(42)50-28-12-16-32-54(50)58)38-60(59)56-34-40-18-2-6-22-44(40)48-26-10-14-30-52(48)56/h39-62H,1-38H2. The summed E-state index contributed by atoms with van der Waals surface area (Å²) >= 11 is 0. The molecule has 62 heavy (non-hydrogen) atoms. The van der Waals surface area contributed by atoms with Crippen LogP contribution in [0.5, 0.6) is 0 Å². The second-order valence-electron chi connectivity index (χ2n) is 28.0. The molecule has 0 bridgehead atoms. The Bertz CT molecular complexity index is 1270. The lowest BCUT2D eigenvalue weighted by atomic mass is 9.41. The highest BCUT2D eigenvalue weighted by Crippen LogP contribution is 2.68. The van der Waals surface area contributed by atoms with Crippen LogP contribution in [-0.4, -0.2) is 0 Å². The summed E-state index contributed by atoms with van der Waals surface area (Å²) in [5.74, 6) is 26.9. The van der Waals surface area contributed by atoms with Crippen molar-refractivity contribution in [3.05, 3.63) is 0 Å². The molecular formula is C62H100. The predicted molar refractivity (Wildman–Crippen MR) is 259 cm³/mol. The van der Waals surface area contributed by atoms with Gasteiger partial charge < -0.3 is 0 Å². The van der Waals surface area contributed by atoms with Crippen LogP contribution in [0, 0.1) is 142 Å². The van der Waals surface area contributed by atoms with Crippen LogP contribution < -0.4 is 0 Å². The van der Waals surface area contributed by atoms with E-state index in [0.29, 0.717) is 0 Å². The van der Waals surface area contributed by atoms with Gasteiger partial charge in [0.1, 0.15) is 0 Å². The zero-order valence-corrected chi connectivity index (χ0v) is 40.7. The van der Waals surface area contributed by atoms with Gasteiger partial charge in [-0.25, -0.2) is 0 Å². The molecule has 0 aromatic carbocycles. The van der Waals surface area contributed by atoms with Gasteiger partial charge in [-0.2, -0.15) is 0 Å². The Balaban J connectivity index is 0.933. The molecule has 0 N–H and O–H groups in total. The molecule has 13 aliphatic carbocycles. The molecule has 13 aliphatic rings. The molecule has 0 heterocycles. The molecule has 24 unspecified atom stereocenters. The molecule has 13 saturated carbocycles. The van der Waals surface area contributed by atoms with Crippen molar-refractivity contribution in [3.63, 3.8) is 0 Å². The lowest BCUT2D eigenvalue weighted by Gasteiger charge is -2.64. The average Bonchev–Trinajstić information content (AvgIpc) is 3.35. The summed E-state index contributed by atoms with van der Waals surface area (Å²) in [4.78, 5) is 0. The minimum atomic E-state index is 1.11. The van der Waals surface area contributed by atoms with Crippen molar-refractivity contribution in [2.75, 3.05) is 0 Å². The second kappa shape index (κ2) is 18.1. The molecule has 0 heteroatoms. The molecule has 348 valence electrons. The van der Waals surface area contributed by atoms with Crippen LogP contribution in [0.4, 0.5) is 0 Å². The van der Waals surface area contributed by atoms with Crippen LogP contribution in [0.15, 0.2) is 0 Å². The minimum Gasteiger partial charge on any atom is -0.0530 e. The number of hydrogen-bond acceptors (Lipinski definition) is 0. The van der Waals surface area contributed by atoms with Gasteiger partial charge in [0.25, 0.3) is 0 Å². The van der Waals surface area contributed by atoms with E-state index in [1.54, 1.807) is 244 Å². The maximum Gasteiger partial charge on any atom is -0.0349 e. The van der Waals surface area contributed by atoms with Crippen LogP contribution in [0.3, 0.4) is 0 Å². The van der Waals surface area contributed by atoms with Gasteiger partial charge in [-0.1, -0.05) is 128 Å². The van der Waals surface area contributed by atoms with Crippen LogP contribution in [0.25, 0.3) is 0 Å². The lowest BCUT2D eigenvalue weighted by molar-refractivity contribution is -0.148. The Morgan fingerprint density at radius 3 is 0.468 bits per heavy atom. The Kier molecular flexibility index (Phi) is 12.3. The molecule has 0 aliphatic heterocycles. The molecular weight excluding hydrogens is 745 g/mol. The van der Waals surface area contributed by atoms with Crippen molar-refractivity contribution in [1.82, 2.24) is 0 Å². The number of hydrogen-bond donors (Lipinski definition) is 0. The summed E-state index contributed by atoms with van der Waals surface area (Å²) in [6.07, 6.45) is 62.1. The van der Waals surface area contributed by atoms with Gasteiger partial charge >= 0.3 is 0 Å². The quantitative estimate of drug-likeness (QED) is 0.264. The van der Waals surface area contributed by atoms with Crippen molar-refractivity contribution >= 4 is 0 Å². The first-order valence-corrected chi connectivity index (χ1v) is 30.8. The Morgan fingerprint density at radius 2 is 0.258 bits per heavy atom. The summed E-state index contributed by atoms with van der Waals surface area (Å²) in [5, 5.41) is 0. The van der Waals surface area contributed by atoms with Crippen LogP contribution in [0.2, 0.25) is 0 Å². The van der Waals surface area contributed by atoms with E-state index < -0.39 is 0 Å². The molecule has 24 atom stereocenters. The first-order chi connectivity index (χ1) is 30.8. The van der Waals surface area contributed by atoms with E-state index in [2.05, 4.69) is 0 Å². The summed E-state index contributed by atoms with van der Waals surface area (Å²) in [7, 11) is 0. The van der Waals surface area contributed by atoms with E-state index in [1.165, 1.54) is 0 Å². The largest absolute Gasteiger partial charge is 0.0530 e. The summed E-state index contributed by atoms with van der Waals surface area (Å²) in [5.41, 5.74) is 0. The first kappa shape index (κ1) is 42.1. The fourth-order valence-corrected chi connectivity index (χ4v) is 24.7. The highest BCUT2D eigenvalue weighted by Gasteiger charge is 2.60. The minimum absolute atomic E-state index is 1.11. The highest BCUT2D eigenvalue weighted by molar-refractivity contribution is 5.10. The van der Waals surface area contributed by atoms with E-state index >= 15 is 0 Å². The van der Waals surface area contributed by atoms with Gasteiger partial charge in [-0.05, 0) is 258 Å². The van der Waals surface area contributed by atoms with Gasteiger partial charge in [-0.15, -0.1) is 0 Å². The SMILES string of the molecule is C1CCC2C(C1)CC(C1CC(C3CC4CCCCC4C4CCCCC43)C(C3CC4CCCCC4C4CCCCC43)CC1C1CC3CCCCC3C3CCCCC31)C1CCCCC21. The third-order valence-corrected chi connectivity index (χ3v) is 26.5. The molecule has 0 spiro atoms. The van der Waals surface area contributed by atoms with Crippen LogP contribution in [0.1, 0.15) is 244 Å². The smallest absolute Gasteiger partial charge is 0.0349 e. The van der Waals surface area contributed by atoms with E-state index in [1.807, 2.05) is 0 Å². The Hall–Kier alpha value is 0. The third kappa shape index (κ3) is 7.40. The van der Waals surface area contributed by atoms with Crippen molar-refractivity contribution in [1.29, 1.82) is 0 Å². The predicted octanol–water partition coefficient (Wildman–Crippen LogP) is 17.8. The maximum atomic E-state index is 1.77. The van der Waals surface area contributed by atoms with Gasteiger partial charge in [0, 0.05) is 0 Å². The second-order valence-corrected chi connectivity index (χ2v) is 28.0. The van der Waals surface area contributed by atoms with Crippen molar-refractivity contribution in [2.24, 2.45) is 142 Å². The van der Waals surface area contributed by atoms with Gasteiger partial charge in [-0.3, -0.25) is 0 Å². The maximum absolute atomic E-state index is 1.77. The van der Waals surface area contributed by atoms with Gasteiger partial charge in [0.2, 0.25) is 0 Å². The van der Waals surface area contributed by atoms with Crippen LogP contribution in [-0.2, 0) is 0 Å². The van der Waals surface area contributed by atoms with Gasteiger partial charge in [0.05, 0.1) is 0 Å². The number of fused-ring (bicyclic) bond motifs is 12. The third-order valence-electron chi connectivity index (χ3n) is 26.5. The summed E-state index contributed by atoms with van der Waals surface area (Å²) in [6, 6.07) is 0. The zero-order valence-electron chi connectivity index (χ0n) is 40.7. The van der Waals surface area contributed by atoms with Crippen LogP contribution >= 0.6 is 0 Å². The Labute approximate surface area is 384 Å². The normalized spacial score (nSPS) is 56.5. The monoisotopic (exact) mass is 845 g/mol. The molecule has 0 radical (unpaired) electrons. The fourth-order valence-electron chi connectivity index (χ4n) is 24.7. The average molecular weight is 845 g/mol. The lowest BCUT2D eigenvalue weighted by Crippen LogP contribution is -2.56. The zero-order chi connectivity index (χ0) is 40.7. The molecule has 0 nitrogen and oxygen atoms in total. The summed E-state index contributed by atoms with van der Waals surface area (Å²) in [6.45, 7) is 0. The van der Waals surface area contributed by atoms with Gasteiger partial charge in [0.15, 0.2) is 0 Å². The topological polar surface area (TPSA) is 0 Å². The Morgan fingerprint density at radius 1 is 0.113 bits per heavy atom. The molecule has 0 amide bonds. The first-order valence-electron chi connectivity index (χ1n) is 30.8. The molecule has 0 aromatic heterocycles. The summed E-state index contributed by atoms with van der Waals surface area (Å²) < 4.78 is 0. The van der Waals surface area contributed by atoms with Crippen molar-refractivity contribution in [2.45, 2.75) is 244 Å². The molecule has 13 rings (SSSR count). The molecule has 0 aromatic rings. The highest BCUT2D eigenvalue weighted by atomic mass is 14.7. The van der Waals surface area contributed by atoms with E-state index in [0.717, 1.165) is 142 Å². The van der Waals surface area contributed by atoms with E-state index in [4.69, 9.17) is 0 Å². The molecule has 0 saturated heterocycles. The van der Waals surface area contributed by atoms with E-state index in [-0.39, 0.29) is 0 Å². The number of rotatable bonds is 4. The van der Waals surface area contributed by atoms with Crippen molar-refractivity contribution < 1.29 is 0 Å². The van der Waals surface area contributed by atoms with Crippen molar-refractivity contribution in [3.8, 4) is 0 Å². The fraction of sp³-hybridized carbons (Fsp3) is 1.00.